The molecule has 2 aromatic rings. The lowest BCUT2D eigenvalue weighted by Gasteiger charge is -2.29. The number of methoxy groups -OCH3 is 1. The summed E-state index contributed by atoms with van der Waals surface area (Å²) in [6, 6.07) is 2.86. The highest BCUT2D eigenvalue weighted by atomic mass is 32.2. The molecule has 56 heavy (non-hydrogen) atoms. The van der Waals surface area contributed by atoms with E-state index in [0.29, 0.717) is 18.1 Å². The number of fused-ring (bicyclic) bond motifs is 1. The van der Waals surface area contributed by atoms with Crippen LogP contribution in [0.15, 0.2) is 18.2 Å². The van der Waals surface area contributed by atoms with Crippen LogP contribution in [0.3, 0.4) is 0 Å². The lowest BCUT2D eigenvalue weighted by atomic mass is 9.93. The number of sulfonamides is 1. The van der Waals surface area contributed by atoms with Gasteiger partial charge in [-0.25, -0.2) is 32.0 Å². The zero-order valence-electron chi connectivity index (χ0n) is 31.2. The van der Waals surface area contributed by atoms with Crippen molar-refractivity contribution in [2.24, 2.45) is 17.8 Å². The normalized spacial score (nSPS) is 25.5. The summed E-state index contributed by atoms with van der Waals surface area (Å²) < 4.78 is 98.3. The summed E-state index contributed by atoms with van der Waals surface area (Å²) in [5.74, 6) is -9.45. The van der Waals surface area contributed by atoms with Crippen LogP contribution in [0, 0.1) is 17.8 Å². The van der Waals surface area contributed by atoms with E-state index in [9.17, 15) is 41.5 Å². The lowest BCUT2D eigenvalue weighted by Crippen LogP contribution is -2.59. The number of nitrogens with one attached hydrogen (secondary N) is 3. The number of carbonyl (C=O) groups is 4. The quantitative estimate of drug-likeness (QED) is 0.125. The van der Waals surface area contributed by atoms with Crippen LogP contribution in [0.4, 0.5) is 22.4 Å². The van der Waals surface area contributed by atoms with E-state index in [2.05, 4.69) is 15.3 Å². The molecule has 1 saturated heterocycles. The van der Waals surface area contributed by atoms with Crippen molar-refractivity contribution in [3.63, 3.8) is 0 Å². The molecule has 1 aromatic heterocycles. The van der Waals surface area contributed by atoms with Gasteiger partial charge in [-0.1, -0.05) is 32.6 Å². The summed E-state index contributed by atoms with van der Waals surface area (Å²) in [7, 11) is -2.90. The first-order chi connectivity index (χ1) is 26.3. The molecule has 1 aliphatic heterocycles. The van der Waals surface area contributed by atoms with Gasteiger partial charge in [-0.05, 0) is 57.1 Å². The van der Waals surface area contributed by atoms with Crippen molar-refractivity contribution >= 4 is 44.9 Å². The fourth-order valence-electron chi connectivity index (χ4n) is 7.38. The van der Waals surface area contributed by atoms with Gasteiger partial charge in [0.1, 0.15) is 30.0 Å². The van der Waals surface area contributed by atoms with Gasteiger partial charge in [-0.3, -0.25) is 19.1 Å². The number of hydrogen-bond donors (Lipinski definition) is 4. The lowest BCUT2D eigenvalue weighted by molar-refractivity contribution is -0.140. The van der Waals surface area contributed by atoms with Gasteiger partial charge >= 0.3 is 6.09 Å². The summed E-state index contributed by atoms with van der Waals surface area (Å²) in [5.41, 5.74) is -2.86. The van der Waals surface area contributed by atoms with E-state index < -0.39 is 118 Å². The van der Waals surface area contributed by atoms with Gasteiger partial charge in [0.05, 0.1) is 35.4 Å². The molecule has 4 N–H and O–H groups in total. The molecule has 3 aliphatic carbocycles. The van der Waals surface area contributed by atoms with Crippen molar-refractivity contribution in [3.05, 3.63) is 23.9 Å². The summed E-state index contributed by atoms with van der Waals surface area (Å²) in [5, 5.41) is 13.4. The monoisotopic (exact) mass is 814 g/mol. The van der Waals surface area contributed by atoms with E-state index in [1.165, 1.54) is 32.2 Å². The molecule has 0 unspecified atom stereocenters. The molecule has 4 aliphatic rings. The zero-order valence-corrected chi connectivity index (χ0v) is 32.0. The summed E-state index contributed by atoms with van der Waals surface area (Å²) >= 11 is 0. The highest BCUT2D eigenvalue weighted by Crippen LogP contribution is 2.50. The second-order valence-electron chi connectivity index (χ2n) is 15.5. The van der Waals surface area contributed by atoms with Gasteiger partial charge in [0.15, 0.2) is 5.69 Å². The smallest absolute Gasteiger partial charge is 0.405 e. The Morgan fingerprint density at radius 3 is 2.41 bits per heavy atom. The van der Waals surface area contributed by atoms with E-state index in [1.807, 2.05) is 10.0 Å². The molecule has 1 aromatic carbocycles. The number of ether oxygens (including phenoxy) is 2. The maximum atomic E-state index is 16.1. The molecule has 6 rings (SSSR count). The predicted molar refractivity (Wildman–Crippen MR) is 191 cm³/mol. The van der Waals surface area contributed by atoms with Gasteiger partial charge in [0, 0.05) is 18.4 Å². The first-order valence-electron chi connectivity index (χ1n) is 18.7. The number of carboxylic acid groups (broad SMARTS) is 1. The largest absolute Gasteiger partial charge is 0.497 e. The third kappa shape index (κ3) is 8.44. The van der Waals surface area contributed by atoms with Crippen LogP contribution in [0.2, 0.25) is 0 Å². The number of unbranched alkanes of at least 4 members (excludes halogenated alkanes) is 1. The van der Waals surface area contributed by atoms with Crippen LogP contribution in [-0.4, -0.2) is 101 Å². The molecule has 5 atom stereocenters. The molecular weight excluding hydrogens is 768 g/mol. The van der Waals surface area contributed by atoms with Crippen LogP contribution < -0.4 is 24.8 Å². The Kier molecular flexibility index (Phi) is 11.4. The summed E-state index contributed by atoms with van der Waals surface area (Å²) in [6.07, 6.45) is -2.84. The van der Waals surface area contributed by atoms with Gasteiger partial charge in [0.25, 0.3) is 11.8 Å². The molecule has 4 amide bonds. The highest BCUT2D eigenvalue weighted by molar-refractivity contribution is 7.91. The minimum absolute atomic E-state index is 0.0326. The van der Waals surface area contributed by atoms with Crippen LogP contribution >= 0.6 is 0 Å². The average Bonchev–Trinajstić information content (AvgIpc) is 4.07. The maximum Gasteiger partial charge on any atom is 0.405 e. The third-order valence-corrected chi connectivity index (χ3v) is 13.6. The van der Waals surface area contributed by atoms with Crippen molar-refractivity contribution < 1.29 is 59.7 Å². The van der Waals surface area contributed by atoms with E-state index in [4.69, 9.17) is 9.47 Å². The predicted octanol–water partition coefficient (Wildman–Crippen LogP) is 4.09. The molecule has 2 heterocycles. The number of aromatic nitrogens is 2. The molecule has 3 saturated carbocycles. The number of rotatable bonds is 18. The Bertz CT molecular complexity index is 1980. The zero-order chi connectivity index (χ0) is 40.8. The summed E-state index contributed by atoms with van der Waals surface area (Å²) in [4.78, 5) is 62.0. The number of carbonyl (C=O) groups excluding carboxylic acids is 3. The Hall–Kier alpha value is -4.49. The SMILES string of the molecule is CC[C@@H]1[C@@H](Oc2nc3cc(OC)ccc3nc2C(F)(F)CCCCC2CC2)CN(C(=O)CNC(=O)O)[C@@H]1C(=O)N[C@]1(C(=O)NS(=O)(=O)C2(C)CC2)C[C@H]1C(F)F. The van der Waals surface area contributed by atoms with Crippen molar-refractivity contribution in [2.45, 2.75) is 113 Å². The van der Waals surface area contributed by atoms with Gasteiger partial charge < -0.3 is 30.1 Å². The van der Waals surface area contributed by atoms with Crippen LogP contribution in [-0.2, 0) is 30.3 Å². The number of likely N-dealkylation sites (tertiary alicyclic amines) is 1. The fourth-order valence-corrected chi connectivity index (χ4v) is 8.69. The van der Waals surface area contributed by atoms with Crippen molar-refractivity contribution in [3.8, 4) is 11.6 Å². The molecule has 0 bridgehead atoms. The molecule has 4 fully saturated rings. The number of nitrogens with zero attached hydrogens (tertiary/aromatic N) is 3. The van der Waals surface area contributed by atoms with Crippen molar-refractivity contribution in [1.82, 2.24) is 30.2 Å². The van der Waals surface area contributed by atoms with Gasteiger partial charge in [-0.2, -0.15) is 8.78 Å². The third-order valence-electron chi connectivity index (χ3n) is 11.4. The molecule has 0 spiro atoms. The number of hydrogen-bond acceptors (Lipinski definition) is 10. The van der Waals surface area contributed by atoms with Crippen molar-refractivity contribution in [1.29, 1.82) is 0 Å². The number of halogens is 4. The Morgan fingerprint density at radius 1 is 1.11 bits per heavy atom. The minimum atomic E-state index is -4.30. The fraction of sp³-hybridized carbons (Fsp3) is 0.667. The van der Waals surface area contributed by atoms with Crippen LogP contribution in [0.25, 0.3) is 11.0 Å². The van der Waals surface area contributed by atoms with E-state index >= 15 is 8.78 Å². The van der Waals surface area contributed by atoms with Crippen LogP contribution in [0.5, 0.6) is 11.6 Å². The molecule has 20 heteroatoms. The summed E-state index contributed by atoms with van der Waals surface area (Å²) in [6.45, 7) is 1.69. The van der Waals surface area contributed by atoms with Gasteiger partial charge in [0.2, 0.25) is 34.1 Å². The number of benzene rings is 1. The van der Waals surface area contributed by atoms with E-state index in [1.54, 1.807) is 6.92 Å². The first kappa shape index (κ1) is 41.2. The average molecular weight is 815 g/mol. The second kappa shape index (κ2) is 15.5. The van der Waals surface area contributed by atoms with Crippen molar-refractivity contribution in [2.75, 3.05) is 20.2 Å². The first-order valence-corrected chi connectivity index (χ1v) is 20.2. The Balaban J connectivity index is 1.32. The van der Waals surface area contributed by atoms with Gasteiger partial charge in [-0.15, -0.1) is 0 Å². The number of alkyl halides is 4. The topological polar surface area (TPSA) is 206 Å². The molecule has 0 radical (unpaired) electrons. The standard InChI is InChI=1S/C36H46F4N6O9S/c1-4-21-25(55-31-28(36(39,40)12-6-5-7-19-8-9-19)42-23-11-10-20(54-3)15-24(23)43-31)18-46(26(47)17-41-33(50)51)27(21)30(48)44-35(16-22(35)29(37)38)32(49)45-56(52,53)34(2)13-14-34/h10-11,15,19,21-22,25,27,29,41H,4-9,12-14,16-18H2,1-3H3,(H,44,48)(H,45,49)(H,50,51)/t21-,22+,25+,27+,35-/m1/s1. The second-order valence-corrected chi connectivity index (χ2v) is 17.7. The highest BCUT2D eigenvalue weighted by Gasteiger charge is 2.67. The van der Waals surface area contributed by atoms with E-state index in [0.717, 1.165) is 24.2 Å². The Labute approximate surface area is 320 Å². The molecule has 308 valence electrons. The van der Waals surface area contributed by atoms with E-state index in [-0.39, 0.29) is 36.7 Å². The minimum Gasteiger partial charge on any atom is -0.497 e. The Morgan fingerprint density at radius 2 is 1.82 bits per heavy atom. The molecular formula is C36H46F4N6O9S. The molecule has 15 nitrogen and oxygen atoms in total. The number of amides is 4. The van der Waals surface area contributed by atoms with Crippen LogP contribution in [0.1, 0.15) is 83.7 Å². The maximum absolute atomic E-state index is 16.1.